The van der Waals surface area contributed by atoms with Crippen molar-refractivity contribution in [3.63, 3.8) is 0 Å². The van der Waals surface area contributed by atoms with Crippen LogP contribution in [0.1, 0.15) is 29.8 Å². The molecule has 1 rings (SSSR count). The number of benzene rings is 1. The standard InChI is InChI=1S/C13H17ClN2O2/c1-9(2)16(8-12(15)17)13(18)11-5-3-4-10(6-11)7-14/h3-6,9H,7-8H2,1-2H3,(H2,15,17). The van der Waals surface area contributed by atoms with Gasteiger partial charge < -0.3 is 10.6 Å². The van der Waals surface area contributed by atoms with E-state index in [4.69, 9.17) is 17.3 Å². The number of primary amides is 1. The highest BCUT2D eigenvalue weighted by Gasteiger charge is 2.20. The Labute approximate surface area is 112 Å². The van der Waals surface area contributed by atoms with Gasteiger partial charge in [-0.1, -0.05) is 12.1 Å². The van der Waals surface area contributed by atoms with Crippen molar-refractivity contribution in [1.82, 2.24) is 4.90 Å². The number of carbonyl (C=O) groups is 2. The van der Waals surface area contributed by atoms with Crippen molar-refractivity contribution in [2.75, 3.05) is 6.54 Å². The fourth-order valence-corrected chi connectivity index (χ4v) is 1.78. The van der Waals surface area contributed by atoms with E-state index in [0.717, 1.165) is 5.56 Å². The van der Waals surface area contributed by atoms with Gasteiger partial charge in [0.2, 0.25) is 5.91 Å². The maximum Gasteiger partial charge on any atom is 0.254 e. The van der Waals surface area contributed by atoms with Crippen LogP contribution in [0.5, 0.6) is 0 Å². The molecule has 0 spiro atoms. The van der Waals surface area contributed by atoms with Crippen LogP contribution in [0.25, 0.3) is 0 Å². The fraction of sp³-hybridized carbons (Fsp3) is 0.385. The lowest BCUT2D eigenvalue weighted by Crippen LogP contribution is -2.42. The minimum Gasteiger partial charge on any atom is -0.368 e. The molecule has 0 aliphatic carbocycles. The Morgan fingerprint density at radius 3 is 2.56 bits per heavy atom. The van der Waals surface area contributed by atoms with Crippen molar-refractivity contribution in [3.8, 4) is 0 Å². The van der Waals surface area contributed by atoms with Gasteiger partial charge >= 0.3 is 0 Å². The van der Waals surface area contributed by atoms with Crippen LogP contribution in [0.15, 0.2) is 24.3 Å². The SMILES string of the molecule is CC(C)N(CC(N)=O)C(=O)c1cccc(CCl)c1. The second-order valence-corrected chi connectivity index (χ2v) is 4.59. The van der Waals surface area contributed by atoms with Gasteiger partial charge in [0.05, 0.1) is 6.54 Å². The van der Waals surface area contributed by atoms with Gasteiger partial charge in [-0.15, -0.1) is 11.6 Å². The Bertz CT molecular complexity index is 446. The maximum absolute atomic E-state index is 12.3. The maximum atomic E-state index is 12.3. The predicted molar refractivity (Wildman–Crippen MR) is 71.4 cm³/mol. The van der Waals surface area contributed by atoms with Gasteiger partial charge in [-0.2, -0.15) is 0 Å². The molecule has 0 saturated carbocycles. The molecule has 2 N–H and O–H groups in total. The lowest BCUT2D eigenvalue weighted by molar-refractivity contribution is -0.119. The Balaban J connectivity index is 2.97. The highest BCUT2D eigenvalue weighted by atomic mass is 35.5. The molecule has 0 saturated heterocycles. The summed E-state index contributed by atoms with van der Waals surface area (Å²) in [5.41, 5.74) is 6.53. The normalized spacial score (nSPS) is 10.4. The molecule has 4 nitrogen and oxygen atoms in total. The number of hydrogen-bond acceptors (Lipinski definition) is 2. The first-order chi connectivity index (χ1) is 8.45. The summed E-state index contributed by atoms with van der Waals surface area (Å²) in [6, 6.07) is 6.95. The van der Waals surface area contributed by atoms with Crippen LogP contribution in [0.4, 0.5) is 0 Å². The summed E-state index contributed by atoms with van der Waals surface area (Å²) in [7, 11) is 0. The first-order valence-corrected chi connectivity index (χ1v) is 6.23. The van der Waals surface area contributed by atoms with Crippen LogP contribution in [0.2, 0.25) is 0 Å². The quantitative estimate of drug-likeness (QED) is 0.827. The van der Waals surface area contributed by atoms with Crippen LogP contribution in [0.3, 0.4) is 0 Å². The Morgan fingerprint density at radius 1 is 1.39 bits per heavy atom. The number of alkyl halides is 1. The van der Waals surface area contributed by atoms with E-state index >= 15 is 0 Å². The van der Waals surface area contributed by atoms with Crippen LogP contribution >= 0.6 is 11.6 Å². The predicted octanol–water partition coefficient (Wildman–Crippen LogP) is 1.76. The molecule has 0 fully saturated rings. The monoisotopic (exact) mass is 268 g/mol. The highest BCUT2D eigenvalue weighted by Crippen LogP contribution is 2.12. The van der Waals surface area contributed by atoms with E-state index in [2.05, 4.69) is 0 Å². The zero-order valence-corrected chi connectivity index (χ0v) is 11.3. The summed E-state index contributed by atoms with van der Waals surface area (Å²) < 4.78 is 0. The summed E-state index contributed by atoms with van der Waals surface area (Å²) in [5, 5.41) is 0. The first-order valence-electron chi connectivity index (χ1n) is 5.70. The van der Waals surface area contributed by atoms with E-state index in [0.29, 0.717) is 11.4 Å². The van der Waals surface area contributed by atoms with E-state index in [1.807, 2.05) is 19.9 Å². The third kappa shape index (κ3) is 3.74. The molecular weight excluding hydrogens is 252 g/mol. The molecule has 5 heteroatoms. The lowest BCUT2D eigenvalue weighted by atomic mass is 10.1. The molecule has 0 heterocycles. The fourth-order valence-electron chi connectivity index (χ4n) is 1.61. The molecule has 0 bridgehead atoms. The third-order valence-electron chi connectivity index (χ3n) is 2.54. The molecule has 2 amide bonds. The van der Waals surface area contributed by atoms with Crippen LogP contribution in [-0.2, 0) is 10.7 Å². The number of nitrogens with zero attached hydrogens (tertiary/aromatic N) is 1. The summed E-state index contributed by atoms with van der Waals surface area (Å²) in [6.07, 6.45) is 0. The number of carbonyl (C=O) groups excluding carboxylic acids is 2. The number of halogens is 1. The molecule has 0 radical (unpaired) electrons. The topological polar surface area (TPSA) is 63.4 Å². The molecule has 1 aromatic rings. The largest absolute Gasteiger partial charge is 0.368 e. The molecule has 0 aliphatic heterocycles. The average Bonchev–Trinajstić information content (AvgIpc) is 2.34. The average molecular weight is 269 g/mol. The highest BCUT2D eigenvalue weighted by molar-refractivity contribution is 6.17. The Morgan fingerprint density at radius 2 is 2.06 bits per heavy atom. The smallest absolute Gasteiger partial charge is 0.254 e. The number of nitrogens with two attached hydrogens (primary N) is 1. The van der Waals surface area contributed by atoms with E-state index in [1.165, 1.54) is 4.90 Å². The van der Waals surface area contributed by atoms with Gasteiger partial charge in [-0.3, -0.25) is 9.59 Å². The van der Waals surface area contributed by atoms with E-state index in [-0.39, 0.29) is 18.5 Å². The van der Waals surface area contributed by atoms with Gasteiger partial charge in [0.25, 0.3) is 5.91 Å². The molecule has 18 heavy (non-hydrogen) atoms. The molecule has 0 atom stereocenters. The van der Waals surface area contributed by atoms with Crippen molar-refractivity contribution in [3.05, 3.63) is 35.4 Å². The number of hydrogen-bond donors (Lipinski definition) is 1. The van der Waals surface area contributed by atoms with Crippen molar-refractivity contribution in [2.24, 2.45) is 5.73 Å². The van der Waals surface area contributed by atoms with Crippen molar-refractivity contribution in [2.45, 2.75) is 25.8 Å². The van der Waals surface area contributed by atoms with Gasteiger partial charge in [0, 0.05) is 17.5 Å². The molecule has 0 aromatic heterocycles. The van der Waals surface area contributed by atoms with E-state index in [9.17, 15) is 9.59 Å². The summed E-state index contributed by atoms with van der Waals surface area (Å²) >= 11 is 5.73. The molecule has 1 aromatic carbocycles. The van der Waals surface area contributed by atoms with Crippen LogP contribution in [-0.4, -0.2) is 29.3 Å². The Kier molecular flexibility index (Phi) is 5.16. The zero-order chi connectivity index (χ0) is 13.7. The minimum atomic E-state index is -0.523. The molecule has 98 valence electrons. The van der Waals surface area contributed by atoms with Crippen molar-refractivity contribution in [1.29, 1.82) is 0 Å². The third-order valence-corrected chi connectivity index (χ3v) is 2.85. The second kappa shape index (κ2) is 6.40. The van der Waals surface area contributed by atoms with Gasteiger partial charge in [-0.25, -0.2) is 0 Å². The van der Waals surface area contributed by atoms with Gasteiger partial charge in [0.15, 0.2) is 0 Å². The number of amides is 2. The second-order valence-electron chi connectivity index (χ2n) is 4.33. The first kappa shape index (κ1) is 14.5. The minimum absolute atomic E-state index is 0.0817. The van der Waals surface area contributed by atoms with Gasteiger partial charge in [-0.05, 0) is 31.5 Å². The number of rotatable bonds is 5. The Hall–Kier alpha value is -1.55. The van der Waals surface area contributed by atoms with E-state index < -0.39 is 5.91 Å². The van der Waals surface area contributed by atoms with Crippen molar-refractivity contribution < 1.29 is 9.59 Å². The molecule has 0 unspecified atom stereocenters. The zero-order valence-electron chi connectivity index (χ0n) is 10.5. The summed E-state index contributed by atoms with van der Waals surface area (Å²) in [4.78, 5) is 24.7. The van der Waals surface area contributed by atoms with Crippen LogP contribution < -0.4 is 5.73 Å². The van der Waals surface area contributed by atoms with Gasteiger partial charge in [0.1, 0.15) is 0 Å². The van der Waals surface area contributed by atoms with Crippen LogP contribution in [0, 0.1) is 0 Å². The molecule has 0 aliphatic rings. The van der Waals surface area contributed by atoms with E-state index in [1.54, 1.807) is 18.2 Å². The lowest BCUT2D eigenvalue weighted by Gasteiger charge is -2.25. The summed E-state index contributed by atoms with van der Waals surface area (Å²) in [6.45, 7) is 3.60. The molecular formula is C13H17ClN2O2. The summed E-state index contributed by atoms with van der Waals surface area (Å²) in [5.74, 6) is -0.389. The van der Waals surface area contributed by atoms with Crippen molar-refractivity contribution >= 4 is 23.4 Å².